The molecule has 3 aromatic rings. The van der Waals surface area contributed by atoms with Gasteiger partial charge in [-0.15, -0.1) is 0 Å². The molecule has 11 heteroatoms. The van der Waals surface area contributed by atoms with E-state index in [2.05, 4.69) is 20.5 Å². The minimum absolute atomic E-state index is 0.0270. The number of aromatic amines is 1. The second-order valence-corrected chi connectivity index (χ2v) is 7.56. The molecule has 0 fully saturated rings. The Morgan fingerprint density at radius 1 is 1.18 bits per heavy atom. The zero-order chi connectivity index (χ0) is 20.1. The van der Waals surface area contributed by atoms with Gasteiger partial charge in [-0.3, -0.25) is 14.4 Å². The Kier molecular flexibility index (Phi) is 5.54. The Morgan fingerprint density at radius 3 is 2.46 bits per heavy atom. The summed E-state index contributed by atoms with van der Waals surface area (Å²) >= 11 is 0. The molecule has 0 saturated heterocycles. The van der Waals surface area contributed by atoms with E-state index >= 15 is 0 Å². The van der Waals surface area contributed by atoms with E-state index in [0.717, 1.165) is 16.4 Å². The predicted octanol–water partition coefficient (Wildman–Crippen LogP) is 1.79. The molecule has 0 unspecified atom stereocenters. The number of H-pyrrole nitrogens is 1. The van der Waals surface area contributed by atoms with Crippen LogP contribution in [0.15, 0.2) is 59.8 Å². The third-order valence-electron chi connectivity index (χ3n) is 3.72. The maximum atomic E-state index is 13.0. The highest BCUT2D eigenvalue weighted by atomic mass is 32.2. The lowest BCUT2D eigenvalue weighted by molar-refractivity contribution is -0.118. The van der Waals surface area contributed by atoms with Crippen LogP contribution in [-0.2, 0) is 14.8 Å². The van der Waals surface area contributed by atoms with Gasteiger partial charge < -0.3 is 4.74 Å². The molecule has 0 atom stereocenters. The molecule has 9 nitrogen and oxygen atoms in total. The monoisotopic (exact) mass is 405 g/mol. The summed E-state index contributed by atoms with van der Waals surface area (Å²) in [5.74, 6) is -0.368. The molecule has 0 aliphatic rings. The summed E-state index contributed by atoms with van der Waals surface area (Å²) < 4.78 is 44.6. The van der Waals surface area contributed by atoms with Gasteiger partial charge in [0.2, 0.25) is 5.95 Å². The Hall–Kier alpha value is -3.47. The highest BCUT2D eigenvalue weighted by molar-refractivity contribution is 7.92. The molecule has 0 aliphatic heterocycles. The summed E-state index contributed by atoms with van der Waals surface area (Å²) in [7, 11) is -2.44. The molecule has 1 amide bonds. The van der Waals surface area contributed by atoms with Crippen LogP contribution in [0.4, 0.5) is 16.0 Å². The van der Waals surface area contributed by atoms with Crippen molar-refractivity contribution < 1.29 is 22.3 Å². The number of amides is 1. The van der Waals surface area contributed by atoms with Crippen molar-refractivity contribution in [2.45, 2.75) is 4.90 Å². The lowest BCUT2D eigenvalue weighted by Gasteiger charge is -2.19. The van der Waals surface area contributed by atoms with Gasteiger partial charge in [0.05, 0.1) is 10.6 Å². The number of halogens is 1. The van der Waals surface area contributed by atoms with Gasteiger partial charge in [0.1, 0.15) is 17.9 Å². The van der Waals surface area contributed by atoms with Crippen molar-refractivity contribution >= 4 is 27.6 Å². The molecule has 1 heterocycles. The van der Waals surface area contributed by atoms with Gasteiger partial charge in [-0.1, -0.05) is 0 Å². The number of hydrogen-bond donors (Lipinski definition) is 2. The predicted molar refractivity (Wildman–Crippen MR) is 98.9 cm³/mol. The number of aromatic nitrogens is 3. The molecule has 0 spiro atoms. The SMILES string of the molecule is CN(c1ccc(OCC(=O)Nc2ncn[nH]2)cc1)S(=O)(=O)c1ccc(F)cc1. The molecule has 0 aliphatic carbocycles. The van der Waals surface area contributed by atoms with E-state index in [1.807, 2.05) is 0 Å². The quantitative estimate of drug-likeness (QED) is 0.619. The summed E-state index contributed by atoms with van der Waals surface area (Å²) in [5.41, 5.74) is 0.378. The van der Waals surface area contributed by atoms with Crippen molar-refractivity contribution in [3.8, 4) is 5.75 Å². The number of carbonyl (C=O) groups excluding carboxylic acids is 1. The van der Waals surface area contributed by atoms with Gasteiger partial charge in [-0.25, -0.2) is 17.9 Å². The number of benzene rings is 2. The summed E-state index contributed by atoms with van der Waals surface area (Å²) in [5, 5.41) is 8.54. The van der Waals surface area contributed by atoms with E-state index in [1.54, 1.807) is 0 Å². The molecular formula is C17H16FN5O4S. The first-order chi connectivity index (χ1) is 13.4. The van der Waals surface area contributed by atoms with Crippen molar-refractivity contribution in [2.75, 3.05) is 23.3 Å². The van der Waals surface area contributed by atoms with Crippen molar-refractivity contribution in [3.63, 3.8) is 0 Å². The van der Waals surface area contributed by atoms with Crippen LogP contribution >= 0.6 is 0 Å². The summed E-state index contributed by atoms with van der Waals surface area (Å²) in [4.78, 5) is 15.5. The van der Waals surface area contributed by atoms with Crippen molar-refractivity contribution in [1.29, 1.82) is 0 Å². The Morgan fingerprint density at radius 2 is 1.86 bits per heavy atom. The normalized spacial score (nSPS) is 11.1. The number of rotatable bonds is 7. The molecule has 146 valence electrons. The zero-order valence-corrected chi connectivity index (χ0v) is 15.5. The fourth-order valence-electron chi connectivity index (χ4n) is 2.24. The lowest BCUT2D eigenvalue weighted by Crippen LogP contribution is -2.26. The molecule has 0 saturated carbocycles. The number of sulfonamides is 1. The Labute approximate surface area is 160 Å². The van der Waals surface area contributed by atoms with Gasteiger partial charge in [-0.2, -0.15) is 10.1 Å². The van der Waals surface area contributed by atoms with Gasteiger partial charge in [0, 0.05) is 7.05 Å². The van der Waals surface area contributed by atoms with Crippen molar-refractivity contribution in [1.82, 2.24) is 15.2 Å². The number of carbonyl (C=O) groups is 1. The molecular weight excluding hydrogens is 389 g/mol. The molecule has 1 aromatic heterocycles. The molecule has 2 N–H and O–H groups in total. The maximum Gasteiger partial charge on any atom is 0.264 e. The van der Waals surface area contributed by atoms with Gasteiger partial charge in [-0.05, 0) is 48.5 Å². The van der Waals surface area contributed by atoms with Crippen LogP contribution in [0.1, 0.15) is 0 Å². The van der Waals surface area contributed by atoms with Crippen LogP contribution in [0, 0.1) is 5.82 Å². The first kappa shape index (κ1) is 19.3. The third-order valence-corrected chi connectivity index (χ3v) is 5.51. The molecule has 28 heavy (non-hydrogen) atoms. The number of nitrogens with zero attached hydrogens (tertiary/aromatic N) is 3. The van der Waals surface area contributed by atoms with E-state index < -0.39 is 21.7 Å². The van der Waals surface area contributed by atoms with Gasteiger partial charge >= 0.3 is 0 Å². The van der Waals surface area contributed by atoms with E-state index in [9.17, 15) is 17.6 Å². The second-order valence-electron chi connectivity index (χ2n) is 5.59. The topological polar surface area (TPSA) is 117 Å². The highest BCUT2D eigenvalue weighted by Crippen LogP contribution is 2.24. The third kappa shape index (κ3) is 4.43. The van der Waals surface area contributed by atoms with Crippen molar-refractivity contribution in [2.24, 2.45) is 0 Å². The minimum atomic E-state index is -3.83. The van der Waals surface area contributed by atoms with E-state index in [0.29, 0.717) is 11.4 Å². The van der Waals surface area contributed by atoms with Gasteiger partial charge in [0.15, 0.2) is 6.61 Å². The van der Waals surface area contributed by atoms with E-state index in [-0.39, 0.29) is 17.5 Å². The standard InChI is InChI=1S/C17H16FN5O4S/c1-23(28(25,26)15-8-2-12(18)3-9-15)13-4-6-14(7-5-13)27-10-16(24)21-17-19-11-20-22-17/h2-9,11H,10H2,1H3,(H2,19,20,21,22,24). The van der Waals surface area contributed by atoms with Crippen LogP contribution < -0.4 is 14.4 Å². The molecule has 3 rings (SSSR count). The number of anilines is 2. The summed E-state index contributed by atoms with van der Waals surface area (Å²) in [6, 6.07) is 10.7. The molecule has 0 radical (unpaired) electrons. The maximum absolute atomic E-state index is 13.0. The van der Waals surface area contributed by atoms with E-state index in [4.69, 9.17) is 4.74 Å². The van der Waals surface area contributed by atoms with Crippen LogP contribution in [0.2, 0.25) is 0 Å². The number of ether oxygens (including phenoxy) is 1. The zero-order valence-electron chi connectivity index (χ0n) is 14.7. The molecule has 2 aromatic carbocycles. The van der Waals surface area contributed by atoms with Crippen LogP contribution in [-0.4, -0.2) is 43.2 Å². The van der Waals surface area contributed by atoms with Crippen LogP contribution in [0.3, 0.4) is 0 Å². The smallest absolute Gasteiger partial charge is 0.264 e. The summed E-state index contributed by atoms with van der Waals surface area (Å²) in [6.45, 7) is -0.260. The fourth-order valence-corrected chi connectivity index (χ4v) is 3.43. The highest BCUT2D eigenvalue weighted by Gasteiger charge is 2.21. The van der Waals surface area contributed by atoms with Gasteiger partial charge in [0.25, 0.3) is 15.9 Å². The lowest BCUT2D eigenvalue weighted by atomic mass is 10.3. The summed E-state index contributed by atoms with van der Waals surface area (Å²) in [6.07, 6.45) is 1.26. The van der Waals surface area contributed by atoms with Crippen LogP contribution in [0.5, 0.6) is 5.75 Å². The van der Waals surface area contributed by atoms with Crippen LogP contribution in [0.25, 0.3) is 0 Å². The van der Waals surface area contributed by atoms with Crippen molar-refractivity contribution in [3.05, 3.63) is 60.7 Å². The average molecular weight is 405 g/mol. The first-order valence-electron chi connectivity index (χ1n) is 7.99. The minimum Gasteiger partial charge on any atom is -0.484 e. The Bertz CT molecular complexity index is 1040. The second kappa shape index (κ2) is 8.05. The Balaban J connectivity index is 1.63. The number of hydrogen-bond acceptors (Lipinski definition) is 6. The largest absolute Gasteiger partial charge is 0.484 e. The molecule has 0 bridgehead atoms. The average Bonchev–Trinajstić information content (AvgIpc) is 3.19. The fraction of sp³-hybridized carbons (Fsp3) is 0.118. The van der Waals surface area contributed by atoms with E-state index in [1.165, 1.54) is 49.8 Å². The first-order valence-corrected chi connectivity index (χ1v) is 9.43. The number of nitrogens with one attached hydrogen (secondary N) is 2.